The van der Waals surface area contributed by atoms with Crippen molar-refractivity contribution in [3.63, 3.8) is 0 Å². The number of likely N-dealkylation sites (tertiary alicyclic amines) is 1. The predicted molar refractivity (Wildman–Crippen MR) is 140 cm³/mol. The Morgan fingerprint density at radius 3 is 2.23 bits per heavy atom. The second-order valence-corrected chi connectivity index (χ2v) is 9.79. The van der Waals surface area contributed by atoms with Crippen LogP contribution < -0.4 is 5.32 Å². The number of aliphatic carboxylic acids is 2. The summed E-state index contributed by atoms with van der Waals surface area (Å²) < 4.78 is 10.8. The Morgan fingerprint density at radius 2 is 1.64 bits per heavy atom. The minimum atomic E-state index is -1.82. The molecule has 1 aliphatic carbocycles. The van der Waals surface area contributed by atoms with Crippen molar-refractivity contribution < 1.29 is 43.7 Å². The monoisotopic (exact) mass is 548 g/mol. The summed E-state index contributed by atoms with van der Waals surface area (Å²) in [5.41, 5.74) is 0.922. The molecule has 1 aliphatic heterocycles. The number of carboxylic acids is 2. The van der Waals surface area contributed by atoms with Gasteiger partial charge in [-0.1, -0.05) is 56.5 Å². The van der Waals surface area contributed by atoms with Crippen LogP contribution in [0.4, 0.5) is 0 Å². The topological polar surface area (TPSA) is 160 Å². The second kappa shape index (κ2) is 15.8. The highest BCUT2D eigenvalue weighted by atomic mass is 16.5. The minimum Gasteiger partial charge on any atom is -0.473 e. The summed E-state index contributed by atoms with van der Waals surface area (Å²) >= 11 is 0. The van der Waals surface area contributed by atoms with Gasteiger partial charge in [0.15, 0.2) is 0 Å². The molecule has 0 unspecified atom stereocenters. The molecule has 11 heteroatoms. The number of hydrogen-bond acceptors (Lipinski definition) is 8. The third-order valence-electron chi connectivity index (χ3n) is 6.99. The lowest BCUT2D eigenvalue weighted by Crippen LogP contribution is -2.55. The molecule has 1 saturated heterocycles. The Balaban J connectivity index is 0.000000798. The van der Waals surface area contributed by atoms with E-state index in [0.717, 1.165) is 37.7 Å². The quantitative estimate of drug-likeness (QED) is 0.293. The minimum absolute atomic E-state index is 0.0528. The van der Waals surface area contributed by atoms with Crippen LogP contribution in [0.15, 0.2) is 30.3 Å². The normalized spacial score (nSPS) is 21.4. The van der Waals surface area contributed by atoms with E-state index >= 15 is 0 Å². The summed E-state index contributed by atoms with van der Waals surface area (Å²) in [4.78, 5) is 59.0. The molecule has 1 amide bonds. The molecule has 0 aromatic heterocycles. The van der Waals surface area contributed by atoms with Crippen molar-refractivity contribution in [3.8, 4) is 0 Å². The Hall–Kier alpha value is -3.47. The van der Waals surface area contributed by atoms with Crippen LogP contribution in [-0.2, 0) is 40.1 Å². The molecule has 1 aromatic carbocycles. The van der Waals surface area contributed by atoms with Crippen molar-refractivity contribution in [2.24, 2.45) is 5.92 Å². The predicted octanol–water partition coefficient (Wildman–Crippen LogP) is 2.75. The van der Waals surface area contributed by atoms with Crippen molar-refractivity contribution in [3.05, 3.63) is 35.9 Å². The van der Waals surface area contributed by atoms with Gasteiger partial charge in [-0.25, -0.2) is 14.4 Å². The molecule has 0 bridgehead atoms. The lowest BCUT2D eigenvalue weighted by Gasteiger charge is -2.35. The van der Waals surface area contributed by atoms with Gasteiger partial charge in [-0.15, -0.1) is 0 Å². The summed E-state index contributed by atoms with van der Waals surface area (Å²) in [6.07, 6.45) is 6.14. The molecule has 0 spiro atoms. The zero-order valence-corrected chi connectivity index (χ0v) is 22.8. The highest BCUT2D eigenvalue weighted by Gasteiger charge is 2.49. The fraction of sp³-hybridized carbons (Fsp3) is 0.607. The van der Waals surface area contributed by atoms with Crippen LogP contribution in [-0.4, -0.2) is 75.7 Å². The van der Waals surface area contributed by atoms with Gasteiger partial charge in [0.05, 0.1) is 12.6 Å². The smallest absolute Gasteiger partial charge is 0.414 e. The second-order valence-electron chi connectivity index (χ2n) is 9.79. The molecule has 1 heterocycles. The number of nitrogens with zero attached hydrogens (tertiary/aromatic N) is 1. The van der Waals surface area contributed by atoms with Gasteiger partial charge in [0.25, 0.3) is 0 Å². The molecule has 0 radical (unpaired) electrons. The van der Waals surface area contributed by atoms with E-state index in [0.29, 0.717) is 25.4 Å². The molecule has 1 aromatic rings. The molecule has 11 nitrogen and oxygen atoms in total. The van der Waals surface area contributed by atoms with Crippen molar-refractivity contribution in [2.45, 2.75) is 96.5 Å². The summed E-state index contributed by atoms with van der Waals surface area (Å²) in [5.74, 6) is -4.15. The molecule has 5 atom stereocenters. The van der Waals surface area contributed by atoms with Crippen molar-refractivity contribution in [2.75, 3.05) is 6.61 Å². The summed E-state index contributed by atoms with van der Waals surface area (Å²) in [7, 11) is 0. The first-order valence-corrected chi connectivity index (χ1v) is 13.5. The molecular weight excluding hydrogens is 508 g/mol. The van der Waals surface area contributed by atoms with Gasteiger partial charge in [0, 0.05) is 6.04 Å². The zero-order chi connectivity index (χ0) is 28.9. The molecule has 216 valence electrons. The molecular formula is C28H40N2O9. The third kappa shape index (κ3) is 9.35. The molecule has 2 fully saturated rings. The number of carboxylic acid groups (broad SMARTS) is 2. The molecule has 2 aliphatic rings. The Kier molecular flexibility index (Phi) is 12.9. The Labute approximate surface area is 228 Å². The average molecular weight is 549 g/mol. The number of esters is 2. The Bertz CT molecular complexity index is 973. The summed E-state index contributed by atoms with van der Waals surface area (Å²) in [6.45, 7) is 6.03. The van der Waals surface area contributed by atoms with Crippen molar-refractivity contribution in [1.29, 1.82) is 0 Å². The van der Waals surface area contributed by atoms with Crippen LogP contribution >= 0.6 is 0 Å². The lowest BCUT2D eigenvalue weighted by atomic mass is 9.84. The fourth-order valence-electron chi connectivity index (χ4n) is 5.21. The third-order valence-corrected chi connectivity index (χ3v) is 6.99. The van der Waals surface area contributed by atoms with E-state index in [-0.39, 0.29) is 30.5 Å². The number of fused-ring (bicyclic) bond motifs is 1. The molecule has 3 rings (SSSR count). The van der Waals surface area contributed by atoms with Gasteiger partial charge >= 0.3 is 23.9 Å². The van der Waals surface area contributed by atoms with Crippen LogP contribution in [0.1, 0.15) is 71.3 Å². The van der Waals surface area contributed by atoms with Crippen LogP contribution in [0, 0.1) is 5.92 Å². The van der Waals surface area contributed by atoms with E-state index in [4.69, 9.17) is 29.3 Å². The van der Waals surface area contributed by atoms with E-state index in [1.165, 1.54) is 0 Å². The SMILES string of the molecule is CCC[C@H](N[C@@H](C)C(=O)N1[C@H](C(=O)OCc2ccccc2)C[C@@H]2CCCC[C@@H]21)C(=O)OCC.O=C(O)C(=O)O. The maximum Gasteiger partial charge on any atom is 0.414 e. The average Bonchev–Trinajstić information content (AvgIpc) is 3.31. The van der Waals surface area contributed by atoms with E-state index in [9.17, 15) is 14.4 Å². The van der Waals surface area contributed by atoms with Gasteiger partial charge in [-0.05, 0) is 51.0 Å². The van der Waals surface area contributed by atoms with Crippen molar-refractivity contribution >= 4 is 29.8 Å². The molecule has 3 N–H and O–H groups in total. The highest BCUT2D eigenvalue weighted by Crippen LogP contribution is 2.40. The number of carbonyl (C=O) groups is 5. The number of benzene rings is 1. The Morgan fingerprint density at radius 1 is 1.00 bits per heavy atom. The van der Waals surface area contributed by atoms with Crippen LogP contribution in [0.25, 0.3) is 0 Å². The van der Waals surface area contributed by atoms with Gasteiger partial charge in [0.1, 0.15) is 18.7 Å². The summed E-state index contributed by atoms with van der Waals surface area (Å²) in [5, 5.41) is 18.0. The van der Waals surface area contributed by atoms with Crippen LogP contribution in [0.5, 0.6) is 0 Å². The van der Waals surface area contributed by atoms with Crippen molar-refractivity contribution in [1.82, 2.24) is 10.2 Å². The van der Waals surface area contributed by atoms with Gasteiger partial charge in [-0.2, -0.15) is 0 Å². The maximum atomic E-state index is 13.6. The first-order chi connectivity index (χ1) is 18.6. The number of amides is 1. The van der Waals surface area contributed by atoms with E-state index < -0.39 is 30.1 Å². The standard InChI is InChI=1S/C26H38N2O5.C2H2O4/c1-4-11-21(25(30)32-5-2)27-18(3)24(29)28-22-15-10-9-14-20(22)16-23(28)26(31)33-17-19-12-7-6-8-13-19;3-1(4)2(5)6/h6-8,12-13,18,20-23,27H,4-5,9-11,14-17H2,1-3H3;(H,3,4)(H,5,6)/t18-,20-,21-,22-,23-;/m0./s1. The first kappa shape index (κ1) is 31.7. The number of hydrogen-bond donors (Lipinski definition) is 3. The number of ether oxygens (including phenoxy) is 2. The summed E-state index contributed by atoms with van der Waals surface area (Å²) in [6, 6.07) is 7.91. The highest BCUT2D eigenvalue weighted by molar-refractivity contribution is 6.27. The van der Waals surface area contributed by atoms with Gasteiger partial charge in [0.2, 0.25) is 5.91 Å². The van der Waals surface area contributed by atoms with E-state index in [1.807, 2.05) is 37.3 Å². The number of carbonyl (C=O) groups excluding carboxylic acids is 3. The van der Waals surface area contributed by atoms with Gasteiger partial charge < -0.3 is 24.6 Å². The fourth-order valence-corrected chi connectivity index (χ4v) is 5.21. The number of nitrogens with one attached hydrogen (secondary N) is 1. The van der Waals surface area contributed by atoms with Gasteiger partial charge in [-0.3, -0.25) is 14.9 Å². The lowest BCUT2D eigenvalue weighted by molar-refractivity contribution is -0.159. The maximum absolute atomic E-state index is 13.6. The first-order valence-electron chi connectivity index (χ1n) is 13.5. The number of rotatable bonds is 10. The molecule has 39 heavy (non-hydrogen) atoms. The zero-order valence-electron chi connectivity index (χ0n) is 22.8. The van der Waals surface area contributed by atoms with E-state index in [2.05, 4.69) is 5.32 Å². The van der Waals surface area contributed by atoms with Crippen LogP contribution in [0.3, 0.4) is 0 Å². The van der Waals surface area contributed by atoms with E-state index in [1.54, 1.807) is 18.7 Å². The van der Waals surface area contributed by atoms with Crippen LogP contribution in [0.2, 0.25) is 0 Å². The molecule has 1 saturated carbocycles. The largest absolute Gasteiger partial charge is 0.473 e.